The van der Waals surface area contributed by atoms with Crippen molar-refractivity contribution in [2.24, 2.45) is 29.6 Å². The summed E-state index contributed by atoms with van der Waals surface area (Å²) in [7, 11) is 1.70. The maximum atomic E-state index is 5.37. The first-order chi connectivity index (χ1) is 21.4. The third-order valence-electron chi connectivity index (χ3n) is 9.15. The average Bonchev–Trinajstić information content (AvgIpc) is 3.01. The van der Waals surface area contributed by atoms with Gasteiger partial charge >= 0.3 is 0 Å². The first-order valence-corrected chi connectivity index (χ1v) is 16.9. The maximum Gasteiger partial charge on any atom is 0.118 e. The quantitative estimate of drug-likeness (QED) is 0.103. The monoisotopic (exact) mass is 610 g/mol. The Labute approximate surface area is 276 Å². The standard InChI is InChI=1S/C42H62N2O/c1-30(2)25-40(31(3)4)27-34(7)35(8)29-43-37(10)42(28-39-21-23-41(45-11)24-22-39)44-36(9)18-16-15-17-32(5)33(6)26-38-19-13-12-14-20-38/h12-14,16,18-24,30,32-33,35,40,42-44H,3,7,9-10,15,17,25-29H2,1-2,4-6,8,11H3/b18-16+/t32?,33?,35?,40?,42-/m1/s1. The molecule has 0 bridgehead atoms. The number of nitrogens with one attached hydrogen (secondary N) is 2. The second kappa shape index (κ2) is 19.8. The van der Waals surface area contributed by atoms with Crippen LogP contribution in [-0.2, 0) is 12.8 Å². The Morgan fingerprint density at radius 1 is 0.844 bits per heavy atom. The van der Waals surface area contributed by atoms with Crippen LogP contribution in [0.4, 0.5) is 0 Å². The van der Waals surface area contributed by atoms with E-state index in [1.54, 1.807) is 7.11 Å². The van der Waals surface area contributed by atoms with Gasteiger partial charge in [-0.1, -0.05) is 121 Å². The molecule has 2 aromatic carbocycles. The summed E-state index contributed by atoms with van der Waals surface area (Å²) in [4.78, 5) is 0. The van der Waals surface area contributed by atoms with Crippen LogP contribution in [0.15, 0.2) is 116 Å². The predicted octanol–water partition coefficient (Wildman–Crippen LogP) is 10.5. The van der Waals surface area contributed by atoms with Gasteiger partial charge in [-0.15, -0.1) is 0 Å². The predicted molar refractivity (Wildman–Crippen MR) is 197 cm³/mol. The molecule has 0 amide bonds. The smallest absolute Gasteiger partial charge is 0.118 e. The van der Waals surface area contributed by atoms with E-state index in [-0.39, 0.29) is 6.04 Å². The van der Waals surface area contributed by atoms with Crippen molar-refractivity contribution in [3.8, 4) is 5.75 Å². The van der Waals surface area contributed by atoms with Crippen LogP contribution in [0.2, 0.25) is 0 Å². The van der Waals surface area contributed by atoms with E-state index in [1.165, 1.54) is 22.3 Å². The minimum Gasteiger partial charge on any atom is -0.497 e. The molecule has 0 aliphatic rings. The van der Waals surface area contributed by atoms with Crippen LogP contribution in [0.1, 0.15) is 78.4 Å². The molecule has 3 nitrogen and oxygen atoms in total. The molecule has 0 saturated carbocycles. The molecule has 2 rings (SSSR count). The van der Waals surface area contributed by atoms with Crippen molar-refractivity contribution in [1.29, 1.82) is 0 Å². The molecule has 0 heterocycles. The summed E-state index contributed by atoms with van der Waals surface area (Å²) in [5.74, 6) is 3.61. The minimum atomic E-state index is -0.00932. The number of rotatable bonds is 22. The molecule has 0 saturated heterocycles. The highest BCUT2D eigenvalue weighted by Gasteiger charge is 2.19. The van der Waals surface area contributed by atoms with E-state index < -0.39 is 0 Å². The number of benzene rings is 2. The first-order valence-electron chi connectivity index (χ1n) is 16.9. The van der Waals surface area contributed by atoms with Gasteiger partial charge in [0, 0.05) is 17.9 Å². The van der Waals surface area contributed by atoms with Crippen LogP contribution in [-0.4, -0.2) is 19.7 Å². The van der Waals surface area contributed by atoms with Crippen LogP contribution < -0.4 is 15.4 Å². The summed E-state index contributed by atoms with van der Waals surface area (Å²) in [5.41, 5.74) is 7.01. The van der Waals surface area contributed by atoms with Gasteiger partial charge < -0.3 is 15.4 Å². The largest absolute Gasteiger partial charge is 0.497 e. The lowest BCUT2D eigenvalue weighted by molar-refractivity contribution is 0.365. The summed E-state index contributed by atoms with van der Waals surface area (Å²) >= 11 is 0. The number of hydrogen-bond acceptors (Lipinski definition) is 3. The van der Waals surface area contributed by atoms with E-state index in [1.807, 2.05) is 12.1 Å². The van der Waals surface area contributed by atoms with Gasteiger partial charge in [-0.2, -0.15) is 0 Å². The Bertz CT molecular complexity index is 1220. The van der Waals surface area contributed by atoms with Crippen molar-refractivity contribution in [3.05, 3.63) is 127 Å². The van der Waals surface area contributed by atoms with Gasteiger partial charge in [-0.05, 0) is 104 Å². The van der Waals surface area contributed by atoms with Crippen LogP contribution in [0.5, 0.6) is 5.75 Å². The highest BCUT2D eigenvalue weighted by Crippen LogP contribution is 2.28. The third-order valence-corrected chi connectivity index (χ3v) is 9.15. The van der Waals surface area contributed by atoms with Gasteiger partial charge in [0.15, 0.2) is 0 Å². The second-order valence-electron chi connectivity index (χ2n) is 13.7. The number of methoxy groups -OCH3 is 1. The van der Waals surface area contributed by atoms with Gasteiger partial charge in [0.2, 0.25) is 0 Å². The summed E-state index contributed by atoms with van der Waals surface area (Å²) in [6.45, 7) is 32.0. The normalized spacial score (nSPS) is 14.8. The zero-order chi connectivity index (χ0) is 33.4. The highest BCUT2D eigenvalue weighted by molar-refractivity contribution is 5.29. The lowest BCUT2D eigenvalue weighted by Gasteiger charge is -2.27. The lowest BCUT2D eigenvalue weighted by atomic mass is 9.83. The Kier molecular flexibility index (Phi) is 16.6. The van der Waals surface area contributed by atoms with Crippen LogP contribution in [0, 0.1) is 29.6 Å². The Morgan fingerprint density at radius 2 is 1.49 bits per heavy atom. The minimum absolute atomic E-state index is 0.00932. The summed E-state index contributed by atoms with van der Waals surface area (Å²) in [6.07, 6.45) is 10.6. The van der Waals surface area contributed by atoms with Gasteiger partial charge in [-0.25, -0.2) is 0 Å². The zero-order valence-corrected chi connectivity index (χ0v) is 29.5. The van der Waals surface area contributed by atoms with E-state index in [0.29, 0.717) is 29.6 Å². The molecular weight excluding hydrogens is 548 g/mol. The fraction of sp³-hybridized carbons (Fsp3) is 0.476. The topological polar surface area (TPSA) is 33.3 Å². The third kappa shape index (κ3) is 14.5. The summed E-state index contributed by atoms with van der Waals surface area (Å²) in [6, 6.07) is 19.1. The average molecular weight is 611 g/mol. The SMILES string of the molecule is C=C(/C=C/CCC(C)C(C)Cc1ccccc1)N[C@H](Cc1ccc(OC)cc1)C(=C)NCC(C)C(=C)CC(CC(C)C)C(=C)C. The van der Waals surface area contributed by atoms with Crippen molar-refractivity contribution in [2.75, 3.05) is 13.7 Å². The Balaban J connectivity index is 1.97. The molecule has 4 unspecified atom stereocenters. The molecule has 5 atom stereocenters. The highest BCUT2D eigenvalue weighted by atomic mass is 16.5. The molecule has 246 valence electrons. The van der Waals surface area contributed by atoms with Crippen molar-refractivity contribution in [2.45, 2.75) is 86.1 Å². The van der Waals surface area contributed by atoms with E-state index in [2.05, 4.69) is 133 Å². The fourth-order valence-corrected chi connectivity index (χ4v) is 5.68. The molecule has 0 fully saturated rings. The van der Waals surface area contributed by atoms with Gasteiger partial charge in [0.25, 0.3) is 0 Å². The Hall–Kier alpha value is -3.46. The van der Waals surface area contributed by atoms with Crippen molar-refractivity contribution in [1.82, 2.24) is 10.6 Å². The molecule has 0 aromatic heterocycles. The van der Waals surface area contributed by atoms with Crippen LogP contribution in [0.3, 0.4) is 0 Å². The lowest BCUT2D eigenvalue weighted by Crippen LogP contribution is -2.38. The molecule has 0 spiro atoms. The fourth-order valence-electron chi connectivity index (χ4n) is 5.68. The van der Waals surface area contributed by atoms with E-state index >= 15 is 0 Å². The second-order valence-corrected chi connectivity index (χ2v) is 13.7. The first kappa shape index (κ1) is 37.7. The van der Waals surface area contributed by atoms with E-state index in [0.717, 1.165) is 62.2 Å². The molecule has 45 heavy (non-hydrogen) atoms. The molecule has 3 heteroatoms. The molecular formula is C42H62N2O. The maximum absolute atomic E-state index is 5.37. The van der Waals surface area contributed by atoms with E-state index in [9.17, 15) is 0 Å². The van der Waals surface area contributed by atoms with Gasteiger partial charge in [0.05, 0.1) is 13.2 Å². The molecule has 0 radical (unpaired) electrons. The van der Waals surface area contributed by atoms with Gasteiger partial charge in [-0.3, -0.25) is 0 Å². The van der Waals surface area contributed by atoms with Crippen molar-refractivity contribution >= 4 is 0 Å². The zero-order valence-electron chi connectivity index (χ0n) is 29.5. The number of ether oxygens (including phenoxy) is 1. The summed E-state index contributed by atoms with van der Waals surface area (Å²) < 4.78 is 5.37. The van der Waals surface area contributed by atoms with E-state index in [4.69, 9.17) is 4.74 Å². The number of hydrogen-bond donors (Lipinski definition) is 2. The van der Waals surface area contributed by atoms with Crippen molar-refractivity contribution < 1.29 is 4.74 Å². The number of allylic oxidation sites excluding steroid dienone is 3. The van der Waals surface area contributed by atoms with Crippen LogP contribution >= 0.6 is 0 Å². The molecule has 0 aliphatic heterocycles. The Morgan fingerprint density at radius 3 is 2.09 bits per heavy atom. The molecule has 2 N–H and O–H groups in total. The van der Waals surface area contributed by atoms with Crippen molar-refractivity contribution in [3.63, 3.8) is 0 Å². The summed E-state index contributed by atoms with van der Waals surface area (Å²) in [5, 5.41) is 7.29. The molecule has 0 aliphatic carbocycles. The van der Waals surface area contributed by atoms with Crippen LogP contribution in [0.25, 0.3) is 0 Å². The van der Waals surface area contributed by atoms with Gasteiger partial charge in [0.1, 0.15) is 5.75 Å². The molecule has 2 aromatic rings.